The maximum Gasteiger partial charge on any atom is 0.326 e. The summed E-state index contributed by atoms with van der Waals surface area (Å²) in [6.45, 7) is 0.289. The number of carbonyl (C=O) groups is 2. The van der Waals surface area contributed by atoms with Gasteiger partial charge in [-0.25, -0.2) is 9.59 Å². The van der Waals surface area contributed by atoms with Gasteiger partial charge in [-0.15, -0.1) is 0 Å². The minimum atomic E-state index is -1.07. The summed E-state index contributed by atoms with van der Waals surface area (Å²) in [6, 6.07) is 11.3. The number of urea groups is 1. The molecule has 2 amide bonds. The van der Waals surface area contributed by atoms with Crippen LogP contribution in [0.1, 0.15) is 11.1 Å². The molecule has 1 aromatic heterocycles. The fourth-order valence-electron chi connectivity index (χ4n) is 1.94. The van der Waals surface area contributed by atoms with Crippen LogP contribution in [0.15, 0.2) is 54.9 Å². The summed E-state index contributed by atoms with van der Waals surface area (Å²) in [7, 11) is 0. The van der Waals surface area contributed by atoms with Gasteiger partial charge in [0.05, 0.1) is 0 Å². The lowest BCUT2D eigenvalue weighted by molar-refractivity contribution is -0.139. The molecule has 0 radical (unpaired) electrons. The molecule has 0 aliphatic carbocycles. The van der Waals surface area contributed by atoms with Gasteiger partial charge in [0, 0.05) is 25.4 Å². The molecule has 114 valence electrons. The monoisotopic (exact) mass is 299 g/mol. The number of hydrogen-bond acceptors (Lipinski definition) is 3. The van der Waals surface area contributed by atoms with E-state index >= 15 is 0 Å². The van der Waals surface area contributed by atoms with Crippen LogP contribution in [-0.2, 0) is 17.8 Å². The van der Waals surface area contributed by atoms with Gasteiger partial charge < -0.3 is 15.7 Å². The Morgan fingerprint density at radius 2 is 1.82 bits per heavy atom. The van der Waals surface area contributed by atoms with Gasteiger partial charge in [0.1, 0.15) is 6.04 Å². The van der Waals surface area contributed by atoms with E-state index in [2.05, 4.69) is 15.6 Å². The highest BCUT2D eigenvalue weighted by Gasteiger charge is 2.20. The van der Waals surface area contributed by atoms with Gasteiger partial charge in [0.15, 0.2) is 0 Å². The van der Waals surface area contributed by atoms with Crippen LogP contribution < -0.4 is 10.6 Å². The minimum absolute atomic E-state index is 0.233. The number of benzene rings is 1. The maximum absolute atomic E-state index is 11.8. The van der Waals surface area contributed by atoms with Crippen molar-refractivity contribution < 1.29 is 14.7 Å². The molecular formula is C16H17N3O3. The molecule has 1 aromatic carbocycles. The number of carboxylic acids is 1. The first kappa shape index (κ1) is 15.5. The number of carbonyl (C=O) groups excluding carboxylic acids is 1. The molecule has 0 saturated carbocycles. The zero-order chi connectivity index (χ0) is 15.8. The lowest BCUT2D eigenvalue weighted by Crippen LogP contribution is -2.46. The Balaban J connectivity index is 1.88. The molecule has 2 rings (SSSR count). The van der Waals surface area contributed by atoms with Crippen molar-refractivity contribution in [3.8, 4) is 0 Å². The van der Waals surface area contributed by atoms with E-state index in [1.165, 1.54) is 0 Å². The van der Waals surface area contributed by atoms with Crippen molar-refractivity contribution in [2.75, 3.05) is 0 Å². The minimum Gasteiger partial charge on any atom is -0.480 e. The zero-order valence-corrected chi connectivity index (χ0v) is 11.9. The van der Waals surface area contributed by atoms with E-state index in [9.17, 15) is 14.7 Å². The van der Waals surface area contributed by atoms with E-state index in [4.69, 9.17) is 0 Å². The van der Waals surface area contributed by atoms with Gasteiger partial charge in [0.2, 0.25) is 0 Å². The highest BCUT2D eigenvalue weighted by molar-refractivity contribution is 5.82. The van der Waals surface area contributed by atoms with E-state index in [1.807, 2.05) is 36.4 Å². The summed E-state index contributed by atoms with van der Waals surface area (Å²) in [4.78, 5) is 27.0. The lowest BCUT2D eigenvalue weighted by Gasteiger charge is -2.15. The number of carboxylic acid groups (broad SMARTS) is 1. The normalized spacial score (nSPS) is 11.5. The average Bonchev–Trinajstić information content (AvgIpc) is 2.54. The number of aromatic nitrogens is 1. The molecule has 22 heavy (non-hydrogen) atoms. The molecule has 1 heterocycles. The third-order valence-corrected chi connectivity index (χ3v) is 3.06. The quantitative estimate of drug-likeness (QED) is 0.755. The lowest BCUT2D eigenvalue weighted by atomic mass is 10.1. The molecule has 0 unspecified atom stereocenters. The van der Waals surface area contributed by atoms with Crippen LogP contribution in [0, 0.1) is 0 Å². The second kappa shape index (κ2) is 7.78. The SMILES string of the molecule is O=C(NCc1cccnc1)N[C@@H](Cc1ccccc1)C(=O)O. The van der Waals surface area contributed by atoms with E-state index in [1.54, 1.807) is 18.5 Å². The fourth-order valence-corrected chi connectivity index (χ4v) is 1.94. The molecule has 0 bridgehead atoms. The van der Waals surface area contributed by atoms with Crippen molar-refractivity contribution in [2.45, 2.75) is 19.0 Å². The number of rotatable bonds is 6. The summed E-state index contributed by atoms with van der Waals surface area (Å²) >= 11 is 0. The van der Waals surface area contributed by atoms with Gasteiger partial charge in [-0.3, -0.25) is 4.98 Å². The number of aliphatic carboxylic acids is 1. The summed E-state index contributed by atoms with van der Waals surface area (Å²) in [5.41, 5.74) is 1.69. The van der Waals surface area contributed by atoms with Gasteiger partial charge in [0.25, 0.3) is 0 Å². The first-order valence-corrected chi connectivity index (χ1v) is 6.85. The van der Waals surface area contributed by atoms with Crippen LogP contribution in [0.4, 0.5) is 4.79 Å². The summed E-state index contributed by atoms with van der Waals surface area (Å²) in [6.07, 6.45) is 3.51. The first-order valence-electron chi connectivity index (χ1n) is 6.85. The van der Waals surface area contributed by atoms with Crippen molar-refractivity contribution in [3.05, 3.63) is 66.0 Å². The van der Waals surface area contributed by atoms with Crippen LogP contribution in [0.25, 0.3) is 0 Å². The zero-order valence-electron chi connectivity index (χ0n) is 11.9. The summed E-state index contributed by atoms with van der Waals surface area (Å²) in [5.74, 6) is -1.07. The largest absolute Gasteiger partial charge is 0.480 e. The van der Waals surface area contributed by atoms with Crippen LogP contribution in [0.3, 0.4) is 0 Å². The van der Waals surface area contributed by atoms with E-state index in [-0.39, 0.29) is 13.0 Å². The van der Waals surface area contributed by atoms with Gasteiger partial charge in [-0.1, -0.05) is 36.4 Å². The third-order valence-electron chi connectivity index (χ3n) is 3.06. The Bertz CT molecular complexity index is 617. The second-order valence-electron chi connectivity index (χ2n) is 4.77. The topological polar surface area (TPSA) is 91.3 Å². The Hall–Kier alpha value is -2.89. The molecule has 6 nitrogen and oxygen atoms in total. The van der Waals surface area contributed by atoms with Gasteiger partial charge in [-0.2, -0.15) is 0 Å². The number of amides is 2. The van der Waals surface area contributed by atoms with Gasteiger partial charge >= 0.3 is 12.0 Å². The Kier molecular flexibility index (Phi) is 5.48. The smallest absolute Gasteiger partial charge is 0.326 e. The van der Waals surface area contributed by atoms with Crippen LogP contribution in [0.5, 0.6) is 0 Å². The molecule has 2 aromatic rings. The van der Waals surface area contributed by atoms with Crippen molar-refractivity contribution >= 4 is 12.0 Å². The second-order valence-corrected chi connectivity index (χ2v) is 4.77. The molecule has 0 saturated heterocycles. The molecule has 0 spiro atoms. The van der Waals surface area contributed by atoms with Crippen molar-refractivity contribution in [1.82, 2.24) is 15.6 Å². The average molecular weight is 299 g/mol. The van der Waals surface area contributed by atoms with Crippen LogP contribution >= 0.6 is 0 Å². The summed E-state index contributed by atoms with van der Waals surface area (Å²) in [5, 5.41) is 14.3. The number of hydrogen-bond donors (Lipinski definition) is 3. The predicted octanol–water partition coefficient (Wildman–Crippen LogP) is 1.58. The van der Waals surface area contributed by atoms with Crippen LogP contribution in [-0.4, -0.2) is 28.1 Å². The van der Waals surface area contributed by atoms with Crippen molar-refractivity contribution in [2.24, 2.45) is 0 Å². The molecule has 0 aliphatic rings. The Morgan fingerprint density at radius 3 is 2.45 bits per heavy atom. The maximum atomic E-state index is 11.8. The fraction of sp³-hybridized carbons (Fsp3) is 0.188. The van der Waals surface area contributed by atoms with Crippen molar-refractivity contribution in [3.63, 3.8) is 0 Å². The molecule has 0 fully saturated rings. The van der Waals surface area contributed by atoms with E-state index < -0.39 is 18.0 Å². The van der Waals surface area contributed by atoms with Crippen molar-refractivity contribution in [1.29, 1.82) is 0 Å². The van der Waals surface area contributed by atoms with Crippen LogP contribution in [0.2, 0.25) is 0 Å². The molecular weight excluding hydrogens is 282 g/mol. The number of nitrogens with one attached hydrogen (secondary N) is 2. The number of nitrogens with zero attached hydrogens (tertiary/aromatic N) is 1. The standard InChI is InChI=1S/C16H17N3O3/c20-15(21)14(9-12-5-2-1-3-6-12)19-16(22)18-11-13-7-4-8-17-10-13/h1-8,10,14H,9,11H2,(H,20,21)(H2,18,19,22)/t14-/m0/s1. The third kappa shape index (κ3) is 4.90. The molecule has 6 heteroatoms. The molecule has 1 atom stereocenters. The predicted molar refractivity (Wildman–Crippen MR) is 81.2 cm³/mol. The number of pyridine rings is 1. The highest BCUT2D eigenvalue weighted by atomic mass is 16.4. The van der Waals surface area contributed by atoms with E-state index in [0.29, 0.717) is 0 Å². The summed E-state index contributed by atoms with van der Waals surface area (Å²) < 4.78 is 0. The highest BCUT2D eigenvalue weighted by Crippen LogP contribution is 2.03. The van der Waals surface area contributed by atoms with Gasteiger partial charge in [-0.05, 0) is 17.2 Å². The first-order chi connectivity index (χ1) is 10.6. The molecule has 0 aliphatic heterocycles. The molecule has 3 N–H and O–H groups in total. The Labute approximate surface area is 128 Å². The van der Waals surface area contributed by atoms with E-state index in [0.717, 1.165) is 11.1 Å². The Morgan fingerprint density at radius 1 is 1.09 bits per heavy atom.